The van der Waals surface area contributed by atoms with Crippen molar-refractivity contribution >= 4 is 23.9 Å². The van der Waals surface area contributed by atoms with E-state index in [9.17, 15) is 34.5 Å². The fourth-order valence-corrected chi connectivity index (χ4v) is 8.75. The molecule has 1 rings (SSSR count). The number of rotatable bonds is 50. The number of esters is 3. The molecule has 1 aliphatic heterocycles. The molecule has 0 aromatic carbocycles. The molecule has 0 saturated carbocycles. The van der Waals surface area contributed by atoms with E-state index in [2.05, 4.69) is 93.7 Å². The number of allylic oxidation sites excluding steroid dienone is 12. The number of hydrogen-bond acceptors (Lipinski definition) is 11. The molecule has 1 aliphatic rings. The topological polar surface area (TPSA) is 175 Å². The number of hydrogen-bond donors (Lipinski definition) is 3. The summed E-state index contributed by atoms with van der Waals surface area (Å²) in [6.07, 6.45) is 51.6. The molecule has 0 amide bonds. The van der Waals surface area contributed by atoms with Gasteiger partial charge in [0.15, 0.2) is 24.6 Å². The molecule has 0 aromatic rings. The highest BCUT2D eigenvalue weighted by Gasteiger charge is 2.50. The first-order chi connectivity index (χ1) is 36.6. The SMILES string of the molecule is CC/C=C\C/C=C\C/C=C\CCCCCCCCCC(=O)OCC(COC1OC(C(=O)O)C(O)C(O)C1OC(=O)CCCCCCCCCCCCC)OC(=O)CCCCCCCCC/C=C\C/C=C\C/C=C\CC. The van der Waals surface area contributed by atoms with Gasteiger partial charge < -0.3 is 39.0 Å². The van der Waals surface area contributed by atoms with E-state index in [-0.39, 0.29) is 25.9 Å². The van der Waals surface area contributed by atoms with Crippen molar-refractivity contribution in [3.8, 4) is 0 Å². The Morgan fingerprint density at radius 1 is 0.453 bits per heavy atom. The van der Waals surface area contributed by atoms with Crippen molar-refractivity contribution in [1.29, 1.82) is 0 Å². The van der Waals surface area contributed by atoms with Crippen LogP contribution in [0.4, 0.5) is 0 Å². The maximum absolute atomic E-state index is 13.2. The molecule has 0 spiro atoms. The lowest BCUT2D eigenvalue weighted by Crippen LogP contribution is -2.61. The molecule has 0 aliphatic carbocycles. The molecular formula is C63H106O12. The van der Waals surface area contributed by atoms with Gasteiger partial charge in [-0.05, 0) is 83.5 Å². The second-order valence-electron chi connectivity index (χ2n) is 20.2. The Balaban J connectivity index is 2.69. The number of aliphatic hydroxyl groups is 2. The van der Waals surface area contributed by atoms with Gasteiger partial charge in [0.2, 0.25) is 0 Å². The quantitative estimate of drug-likeness (QED) is 0.0228. The van der Waals surface area contributed by atoms with E-state index < -0.39 is 67.3 Å². The average molecular weight is 1060 g/mol. The molecule has 12 heteroatoms. The van der Waals surface area contributed by atoms with Crippen molar-refractivity contribution in [3.63, 3.8) is 0 Å². The fourth-order valence-electron chi connectivity index (χ4n) is 8.75. The van der Waals surface area contributed by atoms with Crippen LogP contribution in [0.15, 0.2) is 72.9 Å². The Kier molecular flexibility index (Phi) is 47.0. The first kappa shape index (κ1) is 69.2. The zero-order valence-corrected chi connectivity index (χ0v) is 47.3. The number of carboxylic acids is 1. The maximum atomic E-state index is 13.2. The van der Waals surface area contributed by atoms with Crippen molar-refractivity contribution in [2.45, 2.75) is 289 Å². The van der Waals surface area contributed by atoms with Crippen LogP contribution in [-0.2, 0) is 42.9 Å². The van der Waals surface area contributed by atoms with E-state index in [1.54, 1.807) is 0 Å². The van der Waals surface area contributed by atoms with Crippen LogP contribution in [-0.4, -0.2) is 89.2 Å². The number of carboxylic acid groups (broad SMARTS) is 1. The van der Waals surface area contributed by atoms with Gasteiger partial charge in [0.05, 0.1) is 6.61 Å². The molecule has 6 unspecified atom stereocenters. The first-order valence-electron chi connectivity index (χ1n) is 29.9. The number of carbonyl (C=O) groups excluding carboxylic acids is 3. The zero-order valence-electron chi connectivity index (χ0n) is 47.3. The molecule has 0 bridgehead atoms. The van der Waals surface area contributed by atoms with Crippen LogP contribution < -0.4 is 0 Å². The molecule has 0 radical (unpaired) electrons. The number of carbonyl (C=O) groups is 4. The molecule has 12 nitrogen and oxygen atoms in total. The van der Waals surface area contributed by atoms with E-state index in [0.717, 1.165) is 148 Å². The van der Waals surface area contributed by atoms with Gasteiger partial charge in [0, 0.05) is 19.3 Å². The molecule has 1 saturated heterocycles. The second kappa shape index (κ2) is 50.9. The van der Waals surface area contributed by atoms with E-state index >= 15 is 0 Å². The lowest BCUT2D eigenvalue weighted by atomic mass is 9.98. The monoisotopic (exact) mass is 1050 g/mol. The summed E-state index contributed by atoms with van der Waals surface area (Å²) in [4.78, 5) is 51.1. The van der Waals surface area contributed by atoms with Gasteiger partial charge in [-0.15, -0.1) is 0 Å². The van der Waals surface area contributed by atoms with E-state index in [1.807, 2.05) is 0 Å². The lowest BCUT2D eigenvalue weighted by Gasteiger charge is -2.40. The summed E-state index contributed by atoms with van der Waals surface area (Å²) in [5.74, 6) is -3.14. The van der Waals surface area contributed by atoms with Crippen LogP contribution in [0.3, 0.4) is 0 Å². The number of aliphatic hydroxyl groups excluding tert-OH is 2. The van der Waals surface area contributed by atoms with Crippen molar-refractivity contribution in [3.05, 3.63) is 72.9 Å². The van der Waals surface area contributed by atoms with Crippen molar-refractivity contribution in [2.75, 3.05) is 13.2 Å². The van der Waals surface area contributed by atoms with Gasteiger partial charge in [-0.1, -0.05) is 222 Å². The van der Waals surface area contributed by atoms with Crippen LogP contribution >= 0.6 is 0 Å². The predicted octanol–water partition coefficient (Wildman–Crippen LogP) is 15.3. The molecule has 3 N–H and O–H groups in total. The van der Waals surface area contributed by atoms with Gasteiger partial charge in [-0.2, -0.15) is 0 Å². The molecule has 1 fully saturated rings. The molecule has 0 aromatic heterocycles. The third-order valence-electron chi connectivity index (χ3n) is 13.3. The Hall–Kier alpha value is -3.84. The molecule has 430 valence electrons. The number of ether oxygens (including phenoxy) is 5. The zero-order chi connectivity index (χ0) is 54.7. The van der Waals surface area contributed by atoms with Crippen molar-refractivity contribution < 1.29 is 58.2 Å². The third kappa shape index (κ3) is 41.0. The maximum Gasteiger partial charge on any atom is 0.335 e. The highest BCUT2D eigenvalue weighted by Crippen LogP contribution is 2.26. The number of unbranched alkanes of at least 4 members (excludes halogenated alkanes) is 24. The first-order valence-corrected chi connectivity index (χ1v) is 29.9. The minimum atomic E-state index is -1.90. The summed E-state index contributed by atoms with van der Waals surface area (Å²) >= 11 is 0. The Labute approximate surface area is 455 Å². The molecule has 75 heavy (non-hydrogen) atoms. The predicted molar refractivity (Wildman–Crippen MR) is 303 cm³/mol. The summed E-state index contributed by atoms with van der Waals surface area (Å²) < 4.78 is 28.4. The van der Waals surface area contributed by atoms with Crippen LogP contribution in [0.2, 0.25) is 0 Å². The van der Waals surface area contributed by atoms with Crippen LogP contribution in [0.25, 0.3) is 0 Å². The third-order valence-corrected chi connectivity index (χ3v) is 13.3. The van der Waals surface area contributed by atoms with Crippen LogP contribution in [0.1, 0.15) is 252 Å². The number of aliphatic carboxylic acids is 1. The summed E-state index contributed by atoms with van der Waals surface area (Å²) in [6.45, 7) is 5.75. The van der Waals surface area contributed by atoms with E-state index in [0.29, 0.717) is 19.3 Å². The normalized spacial score (nSPS) is 18.7. The van der Waals surface area contributed by atoms with Gasteiger partial charge in [-0.3, -0.25) is 14.4 Å². The Morgan fingerprint density at radius 2 is 0.840 bits per heavy atom. The Morgan fingerprint density at radius 3 is 1.28 bits per heavy atom. The smallest absolute Gasteiger partial charge is 0.335 e. The van der Waals surface area contributed by atoms with Gasteiger partial charge >= 0.3 is 23.9 Å². The minimum absolute atomic E-state index is 0.0591. The van der Waals surface area contributed by atoms with Crippen molar-refractivity contribution in [1.82, 2.24) is 0 Å². The van der Waals surface area contributed by atoms with Gasteiger partial charge in [-0.25, -0.2) is 4.79 Å². The van der Waals surface area contributed by atoms with Crippen LogP contribution in [0.5, 0.6) is 0 Å². The second-order valence-corrected chi connectivity index (χ2v) is 20.2. The summed E-state index contributed by atoms with van der Waals surface area (Å²) in [5, 5.41) is 31.5. The standard InChI is InChI=1S/C63H106O12/c1-4-7-10-13-16-19-22-24-26-28-30-32-35-37-40-43-46-49-55(64)71-52-54(73-56(65)50-47-44-41-39-36-33-31-29-27-25-23-20-17-14-11-8-5-2)53-72-63-61(59(68)58(67)60(75-63)62(69)70)74-57(66)51-48-45-42-38-34-21-18-15-12-9-6-3/h7-8,10-11,16-17,19-20,24-27,54,58-61,63,67-68H,4-6,9,12-15,18,21-23,28-53H2,1-3H3,(H,69,70)/b10-7-,11-8-,19-16-,20-17-,26-24-,27-25-. The van der Waals surface area contributed by atoms with Crippen molar-refractivity contribution in [2.24, 2.45) is 0 Å². The highest BCUT2D eigenvalue weighted by molar-refractivity contribution is 5.74. The largest absolute Gasteiger partial charge is 0.479 e. The summed E-state index contributed by atoms with van der Waals surface area (Å²) in [6, 6.07) is 0. The van der Waals surface area contributed by atoms with Gasteiger partial charge in [0.1, 0.15) is 18.8 Å². The minimum Gasteiger partial charge on any atom is -0.479 e. The molecule has 1 heterocycles. The highest BCUT2D eigenvalue weighted by atomic mass is 16.7. The fraction of sp³-hybridized carbons (Fsp3) is 0.746. The van der Waals surface area contributed by atoms with Crippen LogP contribution in [0, 0.1) is 0 Å². The summed E-state index contributed by atoms with van der Waals surface area (Å²) in [5.41, 5.74) is 0. The Bertz CT molecular complexity index is 1580. The molecular weight excluding hydrogens is 949 g/mol. The molecule has 6 atom stereocenters. The lowest BCUT2D eigenvalue weighted by molar-refractivity contribution is -0.301. The average Bonchev–Trinajstić information content (AvgIpc) is 3.39. The summed E-state index contributed by atoms with van der Waals surface area (Å²) in [7, 11) is 0. The van der Waals surface area contributed by atoms with Gasteiger partial charge in [0.25, 0.3) is 0 Å². The van der Waals surface area contributed by atoms with E-state index in [1.165, 1.54) is 44.9 Å². The van der Waals surface area contributed by atoms with E-state index in [4.69, 9.17) is 23.7 Å².